The molecule has 1 fully saturated rings. The second-order valence-corrected chi connectivity index (χ2v) is 5.01. The van der Waals surface area contributed by atoms with Gasteiger partial charge in [0.15, 0.2) is 0 Å². The van der Waals surface area contributed by atoms with Gasteiger partial charge in [-0.05, 0) is 18.9 Å². The summed E-state index contributed by atoms with van der Waals surface area (Å²) in [6.45, 7) is 1.03. The van der Waals surface area contributed by atoms with Gasteiger partial charge in [0.1, 0.15) is 5.82 Å². The number of anilines is 1. The van der Waals surface area contributed by atoms with E-state index in [4.69, 9.17) is 4.74 Å². The molecule has 1 N–H and O–H groups in total. The second kappa shape index (κ2) is 7.19. The smallest absolute Gasteiger partial charge is 0.274 e. The molecule has 2 rings (SSSR count). The standard InChI is InChI=1S/C14H19FN2O3/c15-11-8-12(10-13(9-11)17(18)19)16-6-7-20-14-4-2-1-3-5-14/h8-10,14,16H,1-7H2. The van der Waals surface area contributed by atoms with E-state index in [2.05, 4.69) is 5.32 Å². The highest BCUT2D eigenvalue weighted by atomic mass is 19.1. The minimum absolute atomic E-state index is 0.249. The fraction of sp³-hybridized carbons (Fsp3) is 0.571. The molecule has 110 valence electrons. The molecule has 0 unspecified atom stereocenters. The van der Waals surface area contributed by atoms with Crippen molar-refractivity contribution in [2.75, 3.05) is 18.5 Å². The number of rotatable bonds is 6. The summed E-state index contributed by atoms with van der Waals surface area (Å²) in [5.74, 6) is -0.616. The molecule has 5 nitrogen and oxygen atoms in total. The van der Waals surface area contributed by atoms with Crippen LogP contribution in [0.3, 0.4) is 0 Å². The number of nitro benzene ring substituents is 1. The Kier molecular flexibility index (Phi) is 5.29. The van der Waals surface area contributed by atoms with E-state index < -0.39 is 10.7 Å². The lowest BCUT2D eigenvalue weighted by molar-refractivity contribution is -0.385. The second-order valence-electron chi connectivity index (χ2n) is 5.01. The lowest BCUT2D eigenvalue weighted by Gasteiger charge is -2.22. The van der Waals surface area contributed by atoms with Gasteiger partial charge in [-0.15, -0.1) is 0 Å². The van der Waals surface area contributed by atoms with Crippen LogP contribution in [0, 0.1) is 15.9 Å². The van der Waals surface area contributed by atoms with Crippen LogP contribution in [0.4, 0.5) is 15.8 Å². The van der Waals surface area contributed by atoms with E-state index in [1.165, 1.54) is 31.4 Å². The topological polar surface area (TPSA) is 64.4 Å². The van der Waals surface area contributed by atoms with Gasteiger partial charge in [-0.2, -0.15) is 0 Å². The highest BCUT2D eigenvalue weighted by Gasteiger charge is 2.13. The Morgan fingerprint density at radius 3 is 2.75 bits per heavy atom. The minimum atomic E-state index is -0.616. The van der Waals surface area contributed by atoms with Gasteiger partial charge in [-0.25, -0.2) is 4.39 Å². The molecule has 0 aliphatic heterocycles. The van der Waals surface area contributed by atoms with Crippen LogP contribution in [-0.4, -0.2) is 24.2 Å². The molecule has 1 aliphatic rings. The van der Waals surface area contributed by atoms with Gasteiger partial charge in [0.25, 0.3) is 5.69 Å². The van der Waals surface area contributed by atoms with Crippen LogP contribution in [0.5, 0.6) is 0 Å². The van der Waals surface area contributed by atoms with Gasteiger partial charge < -0.3 is 10.1 Å². The van der Waals surface area contributed by atoms with E-state index in [9.17, 15) is 14.5 Å². The summed E-state index contributed by atoms with van der Waals surface area (Å²) in [4.78, 5) is 10.0. The van der Waals surface area contributed by atoms with Crippen molar-refractivity contribution in [3.63, 3.8) is 0 Å². The third-order valence-corrected chi connectivity index (χ3v) is 3.43. The van der Waals surface area contributed by atoms with Crippen LogP contribution in [0.15, 0.2) is 18.2 Å². The zero-order valence-electron chi connectivity index (χ0n) is 11.3. The molecule has 1 aromatic carbocycles. The maximum Gasteiger partial charge on any atom is 0.274 e. The van der Waals surface area contributed by atoms with Crippen LogP contribution in [0.2, 0.25) is 0 Å². The van der Waals surface area contributed by atoms with Gasteiger partial charge >= 0.3 is 0 Å². The number of halogens is 1. The van der Waals surface area contributed by atoms with Gasteiger partial charge in [0.05, 0.1) is 23.7 Å². The van der Waals surface area contributed by atoms with E-state index in [-0.39, 0.29) is 5.69 Å². The molecular weight excluding hydrogens is 263 g/mol. The first-order chi connectivity index (χ1) is 9.65. The maximum absolute atomic E-state index is 13.2. The first kappa shape index (κ1) is 14.7. The van der Waals surface area contributed by atoms with Crippen molar-refractivity contribution in [1.29, 1.82) is 0 Å². The summed E-state index contributed by atoms with van der Waals surface area (Å²) >= 11 is 0. The molecule has 0 aromatic heterocycles. The average Bonchev–Trinajstić information content (AvgIpc) is 2.44. The average molecular weight is 282 g/mol. The molecule has 0 amide bonds. The van der Waals surface area contributed by atoms with Crippen molar-refractivity contribution in [2.24, 2.45) is 0 Å². The highest BCUT2D eigenvalue weighted by molar-refractivity contribution is 5.51. The van der Waals surface area contributed by atoms with Gasteiger partial charge in [0, 0.05) is 18.3 Å². The van der Waals surface area contributed by atoms with Crippen LogP contribution in [-0.2, 0) is 4.74 Å². The Bertz CT molecular complexity index is 462. The monoisotopic (exact) mass is 282 g/mol. The molecule has 1 aromatic rings. The Hall–Kier alpha value is -1.69. The zero-order valence-corrected chi connectivity index (χ0v) is 11.3. The highest BCUT2D eigenvalue weighted by Crippen LogP contribution is 2.21. The molecule has 0 heterocycles. The Labute approximate surface area is 117 Å². The molecule has 0 bridgehead atoms. The number of nitrogens with zero attached hydrogens (tertiary/aromatic N) is 1. The summed E-state index contributed by atoms with van der Waals surface area (Å²) in [5.41, 5.74) is 0.157. The molecule has 20 heavy (non-hydrogen) atoms. The fourth-order valence-electron chi connectivity index (χ4n) is 2.43. The molecule has 0 saturated heterocycles. The molecule has 6 heteroatoms. The molecular formula is C14H19FN2O3. The third kappa shape index (κ3) is 4.45. The van der Waals surface area contributed by atoms with E-state index in [0.717, 1.165) is 18.9 Å². The van der Waals surface area contributed by atoms with Crippen molar-refractivity contribution in [3.05, 3.63) is 34.1 Å². The molecule has 0 radical (unpaired) electrons. The zero-order chi connectivity index (χ0) is 14.4. The Morgan fingerprint density at radius 1 is 1.30 bits per heavy atom. The van der Waals surface area contributed by atoms with Gasteiger partial charge in [-0.1, -0.05) is 19.3 Å². The molecule has 0 atom stereocenters. The van der Waals surface area contributed by atoms with Gasteiger partial charge in [0.2, 0.25) is 0 Å². The van der Waals surface area contributed by atoms with Crippen molar-refractivity contribution in [2.45, 2.75) is 38.2 Å². The number of nitrogens with one attached hydrogen (secondary N) is 1. The number of benzene rings is 1. The summed E-state index contributed by atoms with van der Waals surface area (Å²) in [6, 6.07) is 3.47. The molecule has 0 spiro atoms. The number of hydrogen-bond donors (Lipinski definition) is 1. The van der Waals surface area contributed by atoms with Crippen LogP contribution < -0.4 is 5.32 Å². The van der Waals surface area contributed by atoms with Crippen LogP contribution in [0.1, 0.15) is 32.1 Å². The number of hydrogen-bond acceptors (Lipinski definition) is 4. The summed E-state index contributed by atoms with van der Waals surface area (Å²) < 4.78 is 18.9. The normalized spacial score (nSPS) is 16.1. The molecule has 1 aliphatic carbocycles. The first-order valence-electron chi connectivity index (χ1n) is 6.95. The largest absolute Gasteiger partial charge is 0.382 e. The van der Waals surface area contributed by atoms with Crippen LogP contribution in [0.25, 0.3) is 0 Å². The minimum Gasteiger partial charge on any atom is -0.382 e. The van der Waals surface area contributed by atoms with Crippen molar-refractivity contribution >= 4 is 11.4 Å². The fourth-order valence-corrected chi connectivity index (χ4v) is 2.43. The predicted octanol–water partition coefficient (Wildman–Crippen LogP) is 3.50. The number of ether oxygens (including phenoxy) is 1. The third-order valence-electron chi connectivity index (χ3n) is 3.43. The Balaban J connectivity index is 1.77. The lowest BCUT2D eigenvalue weighted by Crippen LogP contribution is -2.20. The lowest BCUT2D eigenvalue weighted by atomic mass is 9.98. The summed E-state index contributed by atoms with van der Waals surface area (Å²) in [7, 11) is 0. The van der Waals surface area contributed by atoms with Crippen molar-refractivity contribution < 1.29 is 14.1 Å². The van der Waals surface area contributed by atoms with E-state index >= 15 is 0 Å². The number of non-ortho nitro benzene ring substituents is 1. The van der Waals surface area contributed by atoms with Crippen LogP contribution >= 0.6 is 0 Å². The SMILES string of the molecule is O=[N+]([O-])c1cc(F)cc(NCCOC2CCCCC2)c1. The number of nitro groups is 1. The Morgan fingerprint density at radius 2 is 2.05 bits per heavy atom. The summed E-state index contributed by atoms with van der Waals surface area (Å²) in [6.07, 6.45) is 6.25. The predicted molar refractivity (Wildman–Crippen MR) is 74.4 cm³/mol. The summed E-state index contributed by atoms with van der Waals surface area (Å²) in [5, 5.41) is 13.6. The van der Waals surface area contributed by atoms with E-state index in [0.29, 0.717) is 24.9 Å². The van der Waals surface area contributed by atoms with Crippen molar-refractivity contribution in [3.8, 4) is 0 Å². The van der Waals surface area contributed by atoms with Gasteiger partial charge in [-0.3, -0.25) is 10.1 Å². The quantitative estimate of drug-likeness (QED) is 0.493. The molecule has 1 saturated carbocycles. The van der Waals surface area contributed by atoms with E-state index in [1.807, 2.05) is 0 Å². The maximum atomic E-state index is 13.2. The van der Waals surface area contributed by atoms with Crippen molar-refractivity contribution in [1.82, 2.24) is 0 Å². The first-order valence-corrected chi connectivity index (χ1v) is 6.95. The van der Waals surface area contributed by atoms with E-state index in [1.54, 1.807) is 0 Å².